The third-order valence-corrected chi connectivity index (χ3v) is 3.93. The van der Waals surface area contributed by atoms with Crippen molar-refractivity contribution < 1.29 is 4.79 Å². The van der Waals surface area contributed by atoms with Crippen molar-refractivity contribution in [3.8, 4) is 0 Å². The molecule has 4 nitrogen and oxygen atoms in total. The molecule has 1 saturated heterocycles. The minimum absolute atomic E-state index is 0.00143. The summed E-state index contributed by atoms with van der Waals surface area (Å²) in [4.78, 5) is 18.5. The van der Waals surface area contributed by atoms with Gasteiger partial charge in [0.25, 0.3) is 0 Å². The van der Waals surface area contributed by atoms with E-state index in [1.807, 2.05) is 23.1 Å². The molecule has 0 aliphatic carbocycles. The Kier molecular flexibility index (Phi) is 3.23. The normalized spacial score (nSPS) is 19.0. The zero-order chi connectivity index (χ0) is 13.2. The van der Waals surface area contributed by atoms with Crippen molar-refractivity contribution in [1.82, 2.24) is 10.2 Å². The molecule has 0 atom stereocenters. The number of amidine groups is 1. The summed E-state index contributed by atoms with van der Waals surface area (Å²) < 4.78 is 0. The first-order valence-corrected chi connectivity index (χ1v) is 6.94. The van der Waals surface area contributed by atoms with E-state index in [1.54, 1.807) is 0 Å². The molecule has 0 spiro atoms. The van der Waals surface area contributed by atoms with Crippen LogP contribution < -0.4 is 5.32 Å². The van der Waals surface area contributed by atoms with Crippen LogP contribution in [0.4, 0.5) is 10.5 Å². The highest BCUT2D eigenvalue weighted by Gasteiger charge is 2.22. The molecule has 2 aliphatic heterocycles. The Balaban J connectivity index is 1.60. The van der Waals surface area contributed by atoms with E-state index in [2.05, 4.69) is 23.3 Å². The summed E-state index contributed by atoms with van der Waals surface area (Å²) in [6.45, 7) is 3.95. The summed E-state index contributed by atoms with van der Waals surface area (Å²) in [5, 5.41) is 2.95. The molecule has 4 heteroatoms. The van der Waals surface area contributed by atoms with Gasteiger partial charge in [0.05, 0.1) is 5.69 Å². The summed E-state index contributed by atoms with van der Waals surface area (Å²) in [5.41, 5.74) is 2.16. The van der Waals surface area contributed by atoms with Gasteiger partial charge < -0.3 is 4.90 Å². The fraction of sp³-hybridized carbons (Fsp3) is 0.467. The third kappa shape index (κ3) is 2.62. The summed E-state index contributed by atoms with van der Waals surface area (Å²) in [7, 11) is 0. The predicted octanol–water partition coefficient (Wildman–Crippen LogP) is 2.71. The number of aliphatic imine (C=N–C) groups is 1. The van der Waals surface area contributed by atoms with Gasteiger partial charge in [-0.25, -0.2) is 9.79 Å². The van der Waals surface area contributed by atoms with Gasteiger partial charge in [-0.05, 0) is 30.4 Å². The van der Waals surface area contributed by atoms with E-state index < -0.39 is 0 Å². The monoisotopic (exact) mass is 257 g/mol. The van der Waals surface area contributed by atoms with Crippen LogP contribution in [-0.2, 0) is 6.42 Å². The number of para-hydroxylation sites is 1. The highest BCUT2D eigenvalue weighted by atomic mass is 16.2. The molecular weight excluding hydrogens is 238 g/mol. The number of fused-ring (bicyclic) bond motifs is 1. The fourth-order valence-electron chi connectivity index (χ4n) is 2.62. The zero-order valence-electron chi connectivity index (χ0n) is 11.2. The maximum atomic E-state index is 12.1. The Morgan fingerprint density at radius 3 is 2.79 bits per heavy atom. The Morgan fingerprint density at radius 2 is 2.05 bits per heavy atom. The standard InChI is InChI=1S/C15H19N3O/c1-11-6-8-18(9-7-11)15(19)17-14-10-12-4-2-3-5-13(12)16-14/h2-5,11H,6-10H2,1H3,(H,16,17,19). The number of nitrogens with zero attached hydrogens (tertiary/aromatic N) is 2. The van der Waals surface area contributed by atoms with Gasteiger partial charge in [0.2, 0.25) is 0 Å². The number of urea groups is 1. The molecule has 1 N–H and O–H groups in total. The molecule has 0 unspecified atom stereocenters. The first kappa shape index (κ1) is 12.2. The molecule has 3 rings (SSSR count). The molecule has 0 saturated carbocycles. The van der Waals surface area contributed by atoms with Crippen LogP contribution in [0.15, 0.2) is 29.3 Å². The number of benzene rings is 1. The van der Waals surface area contributed by atoms with Gasteiger partial charge in [0.1, 0.15) is 5.84 Å². The first-order valence-electron chi connectivity index (χ1n) is 6.94. The number of likely N-dealkylation sites (tertiary alicyclic amines) is 1. The number of nitrogens with one attached hydrogen (secondary N) is 1. The molecule has 19 heavy (non-hydrogen) atoms. The van der Waals surface area contributed by atoms with Crippen LogP contribution in [0.25, 0.3) is 0 Å². The number of piperidine rings is 1. The zero-order valence-corrected chi connectivity index (χ0v) is 11.2. The van der Waals surface area contributed by atoms with Crippen LogP contribution in [0.3, 0.4) is 0 Å². The van der Waals surface area contributed by atoms with E-state index in [-0.39, 0.29) is 6.03 Å². The second-order valence-electron chi connectivity index (χ2n) is 5.46. The van der Waals surface area contributed by atoms with E-state index in [0.29, 0.717) is 0 Å². The molecular formula is C15H19N3O. The molecule has 1 fully saturated rings. The third-order valence-electron chi connectivity index (χ3n) is 3.93. The quantitative estimate of drug-likeness (QED) is 0.763. The van der Waals surface area contributed by atoms with Crippen molar-refractivity contribution >= 4 is 17.6 Å². The lowest BCUT2D eigenvalue weighted by Gasteiger charge is -2.30. The fourth-order valence-corrected chi connectivity index (χ4v) is 2.62. The van der Waals surface area contributed by atoms with E-state index in [0.717, 1.165) is 49.8 Å². The van der Waals surface area contributed by atoms with Gasteiger partial charge in [-0.15, -0.1) is 0 Å². The largest absolute Gasteiger partial charge is 0.324 e. The van der Waals surface area contributed by atoms with Crippen molar-refractivity contribution in [3.05, 3.63) is 29.8 Å². The number of carbonyl (C=O) groups is 1. The van der Waals surface area contributed by atoms with E-state index in [9.17, 15) is 4.79 Å². The van der Waals surface area contributed by atoms with E-state index in [4.69, 9.17) is 0 Å². The maximum absolute atomic E-state index is 12.1. The van der Waals surface area contributed by atoms with Crippen molar-refractivity contribution in [3.63, 3.8) is 0 Å². The minimum atomic E-state index is -0.00143. The Morgan fingerprint density at radius 1 is 1.32 bits per heavy atom. The van der Waals surface area contributed by atoms with Crippen LogP contribution >= 0.6 is 0 Å². The predicted molar refractivity (Wildman–Crippen MR) is 75.7 cm³/mol. The van der Waals surface area contributed by atoms with Gasteiger partial charge in [0, 0.05) is 19.5 Å². The van der Waals surface area contributed by atoms with Crippen molar-refractivity contribution in [2.75, 3.05) is 13.1 Å². The van der Waals surface area contributed by atoms with E-state index in [1.165, 1.54) is 5.56 Å². The molecule has 1 aromatic carbocycles. The van der Waals surface area contributed by atoms with Gasteiger partial charge in [-0.1, -0.05) is 25.1 Å². The molecule has 0 bridgehead atoms. The van der Waals surface area contributed by atoms with Crippen LogP contribution in [0.2, 0.25) is 0 Å². The van der Waals surface area contributed by atoms with Gasteiger partial charge in [-0.3, -0.25) is 5.32 Å². The number of rotatable bonds is 0. The highest BCUT2D eigenvalue weighted by molar-refractivity contribution is 6.02. The second-order valence-corrected chi connectivity index (χ2v) is 5.46. The Bertz CT molecular complexity index is 516. The minimum Gasteiger partial charge on any atom is -0.324 e. The smallest absolute Gasteiger partial charge is 0.322 e. The number of hydrogen-bond acceptors (Lipinski definition) is 2. The topological polar surface area (TPSA) is 44.7 Å². The van der Waals surface area contributed by atoms with Crippen LogP contribution in [0.5, 0.6) is 0 Å². The van der Waals surface area contributed by atoms with Gasteiger partial charge in [0.15, 0.2) is 0 Å². The lowest BCUT2D eigenvalue weighted by Crippen LogP contribution is -2.46. The number of amides is 2. The van der Waals surface area contributed by atoms with Crippen molar-refractivity contribution in [2.45, 2.75) is 26.2 Å². The number of carbonyl (C=O) groups excluding carboxylic acids is 1. The van der Waals surface area contributed by atoms with Gasteiger partial charge >= 0.3 is 6.03 Å². The summed E-state index contributed by atoms with van der Waals surface area (Å²) in [6.07, 6.45) is 2.92. The van der Waals surface area contributed by atoms with Crippen molar-refractivity contribution in [1.29, 1.82) is 0 Å². The molecule has 0 radical (unpaired) electrons. The average molecular weight is 257 g/mol. The van der Waals surface area contributed by atoms with E-state index >= 15 is 0 Å². The van der Waals surface area contributed by atoms with Crippen LogP contribution in [0.1, 0.15) is 25.3 Å². The molecule has 0 aromatic heterocycles. The lowest BCUT2D eigenvalue weighted by atomic mass is 10.00. The highest BCUT2D eigenvalue weighted by Crippen LogP contribution is 2.25. The van der Waals surface area contributed by atoms with Crippen LogP contribution in [-0.4, -0.2) is 29.9 Å². The molecule has 2 heterocycles. The molecule has 100 valence electrons. The first-order chi connectivity index (χ1) is 9.22. The molecule has 2 amide bonds. The Labute approximate surface area is 113 Å². The number of hydrogen-bond donors (Lipinski definition) is 1. The summed E-state index contributed by atoms with van der Waals surface area (Å²) in [6, 6.07) is 8.01. The second kappa shape index (κ2) is 5.03. The molecule has 1 aromatic rings. The maximum Gasteiger partial charge on any atom is 0.322 e. The van der Waals surface area contributed by atoms with Gasteiger partial charge in [-0.2, -0.15) is 0 Å². The average Bonchev–Trinajstić information content (AvgIpc) is 2.81. The lowest BCUT2D eigenvalue weighted by molar-refractivity contribution is 0.178. The Hall–Kier alpha value is -1.84. The summed E-state index contributed by atoms with van der Waals surface area (Å²) >= 11 is 0. The summed E-state index contributed by atoms with van der Waals surface area (Å²) in [5.74, 6) is 1.50. The van der Waals surface area contributed by atoms with Crippen molar-refractivity contribution in [2.24, 2.45) is 10.9 Å². The SMILES string of the molecule is CC1CCN(C(=O)NC2=Nc3ccccc3C2)CC1. The molecule has 2 aliphatic rings. The van der Waals surface area contributed by atoms with Crippen LogP contribution in [0, 0.1) is 5.92 Å².